The van der Waals surface area contributed by atoms with Gasteiger partial charge < -0.3 is 0 Å². The molecule has 2 amide bonds. The van der Waals surface area contributed by atoms with Crippen molar-refractivity contribution in [2.24, 2.45) is 0 Å². The number of imide groups is 1. The zero-order valence-corrected chi connectivity index (χ0v) is 13.9. The van der Waals surface area contributed by atoms with Gasteiger partial charge in [0.15, 0.2) is 0 Å². The van der Waals surface area contributed by atoms with Crippen molar-refractivity contribution in [3.05, 3.63) is 83.4 Å². The summed E-state index contributed by atoms with van der Waals surface area (Å²) in [5, 5.41) is 2.21. The summed E-state index contributed by atoms with van der Waals surface area (Å²) in [6.45, 7) is 4.93. The van der Waals surface area contributed by atoms with Gasteiger partial charge >= 0.3 is 6.18 Å². The molecule has 0 saturated carbocycles. The van der Waals surface area contributed by atoms with E-state index < -0.39 is 23.6 Å². The van der Waals surface area contributed by atoms with Gasteiger partial charge in [0.25, 0.3) is 11.8 Å². The molecule has 2 aromatic rings. The third kappa shape index (κ3) is 4.92. The van der Waals surface area contributed by atoms with E-state index in [1.54, 1.807) is 30.3 Å². The van der Waals surface area contributed by atoms with Crippen LogP contribution in [0, 0.1) is 0 Å². The van der Waals surface area contributed by atoms with E-state index in [-0.39, 0.29) is 11.1 Å². The number of halogens is 3. The quantitative estimate of drug-likeness (QED) is 0.647. The first-order chi connectivity index (χ1) is 12.2. The minimum atomic E-state index is -4.43. The second-order valence-corrected chi connectivity index (χ2v) is 5.61. The summed E-state index contributed by atoms with van der Waals surface area (Å²) in [6, 6.07) is 12.9. The Morgan fingerprint density at radius 3 is 2.04 bits per heavy atom. The van der Waals surface area contributed by atoms with Gasteiger partial charge in [0.1, 0.15) is 0 Å². The number of hydrogen-bond donors (Lipinski definition) is 1. The molecule has 2 aromatic carbocycles. The Labute approximate surface area is 148 Å². The largest absolute Gasteiger partial charge is 0.416 e. The Balaban J connectivity index is 2.40. The zero-order chi connectivity index (χ0) is 19.3. The smallest absolute Gasteiger partial charge is 0.288 e. The van der Waals surface area contributed by atoms with Gasteiger partial charge in [-0.25, -0.2) is 0 Å². The topological polar surface area (TPSA) is 46.2 Å². The molecule has 0 aromatic heterocycles. The molecule has 0 unspecified atom stereocenters. The fourth-order valence-electron chi connectivity index (χ4n) is 2.11. The fourth-order valence-corrected chi connectivity index (χ4v) is 2.11. The first kappa shape index (κ1) is 19.2. The second kappa shape index (κ2) is 7.82. The molecule has 0 aliphatic rings. The molecule has 0 aliphatic carbocycles. The molecule has 0 bridgehead atoms. The summed E-state index contributed by atoms with van der Waals surface area (Å²) in [4.78, 5) is 24.2. The predicted molar refractivity (Wildman–Crippen MR) is 93.7 cm³/mol. The van der Waals surface area contributed by atoms with Crippen molar-refractivity contribution in [1.29, 1.82) is 0 Å². The van der Waals surface area contributed by atoms with Crippen molar-refractivity contribution < 1.29 is 22.8 Å². The molecular formula is C20H16F3NO2. The van der Waals surface area contributed by atoms with Gasteiger partial charge in [-0.15, -0.1) is 0 Å². The Hall–Kier alpha value is -3.15. The number of benzene rings is 2. The van der Waals surface area contributed by atoms with E-state index in [1.807, 2.05) is 0 Å². The molecule has 0 saturated heterocycles. The number of rotatable bonds is 4. The van der Waals surface area contributed by atoms with Gasteiger partial charge in [-0.1, -0.05) is 49.0 Å². The maximum Gasteiger partial charge on any atom is 0.416 e. The molecule has 26 heavy (non-hydrogen) atoms. The van der Waals surface area contributed by atoms with Crippen LogP contribution in [0.2, 0.25) is 0 Å². The van der Waals surface area contributed by atoms with Crippen LogP contribution in [0.5, 0.6) is 0 Å². The number of carbonyl (C=O) groups is 2. The summed E-state index contributed by atoms with van der Waals surface area (Å²) >= 11 is 0. The highest BCUT2D eigenvalue weighted by Gasteiger charge is 2.29. The number of nitrogens with one attached hydrogen (secondary N) is 1. The molecule has 134 valence electrons. The Morgan fingerprint density at radius 1 is 0.962 bits per heavy atom. The summed E-state index contributed by atoms with van der Waals surface area (Å²) in [7, 11) is 0. The van der Waals surface area contributed by atoms with Gasteiger partial charge in [-0.05, 0) is 36.3 Å². The average molecular weight is 359 g/mol. The van der Waals surface area contributed by atoms with Gasteiger partial charge in [-0.2, -0.15) is 13.2 Å². The molecule has 0 atom stereocenters. The van der Waals surface area contributed by atoms with E-state index >= 15 is 0 Å². The first-order valence-corrected chi connectivity index (χ1v) is 7.64. The van der Waals surface area contributed by atoms with Crippen molar-refractivity contribution in [2.45, 2.75) is 13.1 Å². The summed E-state index contributed by atoms with van der Waals surface area (Å²) in [5.74, 6) is -1.28. The Morgan fingerprint density at radius 2 is 1.54 bits per heavy atom. The van der Waals surface area contributed by atoms with Crippen molar-refractivity contribution >= 4 is 23.5 Å². The van der Waals surface area contributed by atoms with Crippen LogP contribution < -0.4 is 5.32 Å². The van der Waals surface area contributed by atoms with E-state index in [0.717, 1.165) is 12.1 Å². The van der Waals surface area contributed by atoms with Crippen molar-refractivity contribution in [3.8, 4) is 0 Å². The summed E-state index contributed by atoms with van der Waals surface area (Å²) < 4.78 is 38.0. The number of hydrogen-bond acceptors (Lipinski definition) is 2. The van der Waals surface area contributed by atoms with E-state index in [4.69, 9.17) is 0 Å². The van der Waals surface area contributed by atoms with E-state index in [9.17, 15) is 22.8 Å². The number of amides is 2. The van der Waals surface area contributed by atoms with Gasteiger partial charge in [-0.3, -0.25) is 14.9 Å². The minimum absolute atomic E-state index is 0.153. The monoisotopic (exact) mass is 359 g/mol. The maximum absolute atomic E-state index is 12.7. The number of alkyl halides is 3. The van der Waals surface area contributed by atoms with Crippen LogP contribution in [-0.4, -0.2) is 11.8 Å². The van der Waals surface area contributed by atoms with Crippen molar-refractivity contribution in [2.75, 3.05) is 0 Å². The highest BCUT2D eigenvalue weighted by Crippen LogP contribution is 2.29. The summed E-state index contributed by atoms with van der Waals surface area (Å²) in [5.41, 5.74) is 0.465. The predicted octanol–water partition coefficient (Wildman–Crippen LogP) is 4.46. The molecule has 2 rings (SSSR count). The molecule has 6 heteroatoms. The van der Waals surface area contributed by atoms with E-state index in [1.165, 1.54) is 25.1 Å². The molecule has 1 N–H and O–H groups in total. The van der Waals surface area contributed by atoms with Crippen molar-refractivity contribution in [3.63, 3.8) is 0 Å². The highest BCUT2D eigenvalue weighted by atomic mass is 19.4. The van der Waals surface area contributed by atoms with E-state index in [2.05, 4.69) is 11.9 Å². The van der Waals surface area contributed by atoms with Crippen LogP contribution in [0.3, 0.4) is 0 Å². The van der Waals surface area contributed by atoms with Crippen molar-refractivity contribution in [1.82, 2.24) is 5.32 Å². The van der Waals surface area contributed by atoms with Crippen LogP contribution in [-0.2, 0) is 15.8 Å². The zero-order valence-electron chi connectivity index (χ0n) is 13.9. The third-order valence-electron chi connectivity index (χ3n) is 3.49. The standard InChI is InChI=1S/C20H16F3NO2/c1-13(2)18(25)24-19(26)17(15-6-4-3-5-7-15)12-14-8-10-16(11-9-14)20(21,22)23/h3-12H,1H2,2H3,(H,24,25,26)/b17-12-. The van der Waals surface area contributed by atoms with Crippen LogP contribution in [0.1, 0.15) is 23.6 Å². The first-order valence-electron chi connectivity index (χ1n) is 7.64. The molecule has 0 radical (unpaired) electrons. The Bertz CT molecular complexity index is 851. The SMILES string of the molecule is C=C(C)C(=O)NC(=O)/C(=C\c1ccc(C(F)(F)F)cc1)c1ccccc1. The normalized spacial score (nSPS) is 11.8. The third-order valence-corrected chi connectivity index (χ3v) is 3.49. The average Bonchev–Trinajstić information content (AvgIpc) is 2.59. The van der Waals surface area contributed by atoms with Crippen LogP contribution in [0.25, 0.3) is 11.6 Å². The van der Waals surface area contributed by atoms with Crippen LogP contribution in [0.15, 0.2) is 66.7 Å². The lowest BCUT2D eigenvalue weighted by Crippen LogP contribution is -2.31. The van der Waals surface area contributed by atoms with Gasteiger partial charge in [0.05, 0.1) is 5.56 Å². The molecule has 0 heterocycles. The van der Waals surface area contributed by atoms with Gasteiger partial charge in [0, 0.05) is 11.1 Å². The van der Waals surface area contributed by atoms with Gasteiger partial charge in [0.2, 0.25) is 0 Å². The fraction of sp³-hybridized carbons (Fsp3) is 0.100. The maximum atomic E-state index is 12.7. The lowest BCUT2D eigenvalue weighted by atomic mass is 10.0. The van der Waals surface area contributed by atoms with E-state index in [0.29, 0.717) is 11.1 Å². The molecule has 0 aliphatic heterocycles. The second-order valence-electron chi connectivity index (χ2n) is 5.61. The molecule has 0 fully saturated rings. The Kier molecular flexibility index (Phi) is 5.77. The van der Waals surface area contributed by atoms with Crippen LogP contribution >= 0.6 is 0 Å². The highest BCUT2D eigenvalue weighted by molar-refractivity contribution is 6.28. The number of carbonyl (C=O) groups excluding carboxylic acids is 2. The summed E-state index contributed by atoms with van der Waals surface area (Å²) in [6.07, 6.45) is -3.01. The van der Waals surface area contributed by atoms with Crippen LogP contribution in [0.4, 0.5) is 13.2 Å². The lowest BCUT2D eigenvalue weighted by Gasteiger charge is -2.10. The lowest BCUT2D eigenvalue weighted by molar-refractivity contribution is -0.137. The molecule has 3 nitrogen and oxygen atoms in total. The molecular weight excluding hydrogens is 343 g/mol. The minimum Gasteiger partial charge on any atom is -0.288 e. The molecule has 0 spiro atoms.